The monoisotopic (exact) mass is 355 g/mol. The maximum Gasteiger partial charge on any atom is 0.225 e. The second-order valence-electron chi connectivity index (χ2n) is 7.43. The molecule has 6 heteroatoms. The van der Waals surface area contributed by atoms with Gasteiger partial charge in [-0.15, -0.1) is 11.8 Å². The fraction of sp³-hybridized carbons (Fsp3) is 0.650. The Morgan fingerprint density at radius 3 is 2.50 bits per heavy atom. The summed E-state index contributed by atoms with van der Waals surface area (Å²) in [5, 5.41) is 2.87. The maximum absolute atomic E-state index is 11.9. The Labute approximate surface area is 156 Å². The summed E-state index contributed by atoms with van der Waals surface area (Å²) in [5.74, 6) is 6.56. The van der Waals surface area contributed by atoms with Crippen molar-refractivity contribution in [1.29, 1.82) is 0 Å². The van der Waals surface area contributed by atoms with Gasteiger partial charge in [-0.3, -0.25) is 9.69 Å². The molecule has 2 aliphatic heterocycles. The number of hydrogen-bond donors (Lipinski definition) is 1. The van der Waals surface area contributed by atoms with Crippen LogP contribution in [0.15, 0.2) is 12.4 Å². The Kier molecular flexibility index (Phi) is 6.10. The van der Waals surface area contributed by atoms with Gasteiger partial charge in [0.15, 0.2) is 0 Å². The van der Waals surface area contributed by atoms with E-state index < -0.39 is 0 Å². The first kappa shape index (κ1) is 18.7. The van der Waals surface area contributed by atoms with E-state index in [-0.39, 0.29) is 5.91 Å². The number of carbonyl (C=O) groups is 1. The first-order valence-corrected chi connectivity index (χ1v) is 9.58. The van der Waals surface area contributed by atoms with Crippen LogP contribution in [0.4, 0.5) is 5.95 Å². The second kappa shape index (κ2) is 8.50. The molecule has 0 radical (unpaired) electrons. The van der Waals surface area contributed by atoms with E-state index in [0.29, 0.717) is 37.5 Å². The fourth-order valence-electron chi connectivity index (χ4n) is 3.89. The van der Waals surface area contributed by atoms with Crippen molar-refractivity contribution in [3.8, 4) is 11.8 Å². The SMILES string of the molecule is CC#CCCNC(=O)Cc1cnc(N2C3CCC2CN(C(C)C)C3)nc1. The molecule has 140 valence electrons. The molecule has 3 rings (SSSR count). The fourth-order valence-corrected chi connectivity index (χ4v) is 3.89. The molecule has 1 N–H and O–H groups in total. The molecule has 26 heavy (non-hydrogen) atoms. The number of piperazine rings is 1. The number of fused-ring (bicyclic) bond motifs is 2. The smallest absolute Gasteiger partial charge is 0.225 e. The van der Waals surface area contributed by atoms with Crippen LogP contribution < -0.4 is 10.2 Å². The molecule has 2 saturated heterocycles. The summed E-state index contributed by atoms with van der Waals surface area (Å²) in [6.07, 6.45) is 7.00. The molecule has 1 aromatic rings. The molecule has 1 amide bonds. The van der Waals surface area contributed by atoms with Crippen LogP contribution in [-0.2, 0) is 11.2 Å². The predicted octanol–water partition coefficient (Wildman–Crippen LogP) is 1.61. The average Bonchev–Trinajstić information content (AvgIpc) is 2.88. The molecule has 0 aliphatic carbocycles. The number of likely N-dealkylation sites (tertiary alicyclic amines) is 1. The molecule has 6 nitrogen and oxygen atoms in total. The van der Waals surface area contributed by atoms with Gasteiger partial charge in [-0.2, -0.15) is 0 Å². The second-order valence-corrected chi connectivity index (χ2v) is 7.43. The predicted molar refractivity (Wildman–Crippen MR) is 103 cm³/mol. The lowest BCUT2D eigenvalue weighted by molar-refractivity contribution is -0.120. The van der Waals surface area contributed by atoms with E-state index in [2.05, 4.69) is 50.8 Å². The van der Waals surface area contributed by atoms with Crippen LogP contribution >= 0.6 is 0 Å². The summed E-state index contributed by atoms with van der Waals surface area (Å²) < 4.78 is 0. The zero-order valence-electron chi connectivity index (χ0n) is 16.0. The van der Waals surface area contributed by atoms with Gasteiger partial charge in [0.25, 0.3) is 0 Å². The van der Waals surface area contributed by atoms with Crippen LogP contribution in [0.1, 0.15) is 45.6 Å². The van der Waals surface area contributed by atoms with E-state index in [1.165, 1.54) is 12.8 Å². The van der Waals surface area contributed by atoms with Gasteiger partial charge in [0, 0.05) is 56.6 Å². The van der Waals surface area contributed by atoms with Gasteiger partial charge in [0.2, 0.25) is 11.9 Å². The molecule has 2 bridgehead atoms. The molecule has 0 spiro atoms. The van der Waals surface area contributed by atoms with Gasteiger partial charge < -0.3 is 10.2 Å². The number of nitrogens with zero attached hydrogens (tertiary/aromatic N) is 4. The third-order valence-corrected chi connectivity index (χ3v) is 5.28. The van der Waals surface area contributed by atoms with E-state index in [1.54, 1.807) is 19.3 Å². The minimum atomic E-state index is -0.00938. The largest absolute Gasteiger partial charge is 0.355 e. The number of carbonyl (C=O) groups excluding carboxylic acids is 1. The molecule has 2 atom stereocenters. The normalized spacial score (nSPS) is 22.2. The lowest BCUT2D eigenvalue weighted by Crippen LogP contribution is -2.56. The number of anilines is 1. The summed E-state index contributed by atoms with van der Waals surface area (Å²) in [6.45, 7) is 9.09. The summed E-state index contributed by atoms with van der Waals surface area (Å²) >= 11 is 0. The van der Waals surface area contributed by atoms with E-state index in [0.717, 1.165) is 24.6 Å². The summed E-state index contributed by atoms with van der Waals surface area (Å²) in [7, 11) is 0. The Hall–Kier alpha value is -2.13. The van der Waals surface area contributed by atoms with Gasteiger partial charge in [0.1, 0.15) is 0 Å². The Morgan fingerprint density at radius 1 is 1.27 bits per heavy atom. The lowest BCUT2D eigenvalue weighted by atomic mass is 10.1. The van der Waals surface area contributed by atoms with Crippen molar-refractivity contribution in [2.45, 2.75) is 64.6 Å². The van der Waals surface area contributed by atoms with Crippen LogP contribution in [0.3, 0.4) is 0 Å². The van der Waals surface area contributed by atoms with E-state index in [1.807, 2.05) is 0 Å². The van der Waals surface area contributed by atoms with Crippen molar-refractivity contribution in [3.05, 3.63) is 18.0 Å². The minimum Gasteiger partial charge on any atom is -0.355 e. The first-order chi connectivity index (χ1) is 12.6. The molecule has 0 aromatic carbocycles. The Bertz CT molecular complexity index is 662. The minimum absolute atomic E-state index is 0.00938. The number of amides is 1. The van der Waals surface area contributed by atoms with Crippen molar-refractivity contribution in [2.75, 3.05) is 24.5 Å². The van der Waals surface area contributed by atoms with Crippen LogP contribution in [0, 0.1) is 11.8 Å². The highest BCUT2D eigenvalue weighted by atomic mass is 16.1. The van der Waals surface area contributed by atoms with Crippen molar-refractivity contribution in [3.63, 3.8) is 0 Å². The van der Waals surface area contributed by atoms with E-state index >= 15 is 0 Å². The molecule has 1 aromatic heterocycles. The Morgan fingerprint density at radius 2 is 1.92 bits per heavy atom. The molecular weight excluding hydrogens is 326 g/mol. The number of aromatic nitrogens is 2. The van der Waals surface area contributed by atoms with Gasteiger partial charge >= 0.3 is 0 Å². The van der Waals surface area contributed by atoms with Crippen LogP contribution in [-0.4, -0.2) is 58.5 Å². The van der Waals surface area contributed by atoms with Gasteiger partial charge in [-0.25, -0.2) is 9.97 Å². The highest BCUT2D eigenvalue weighted by Crippen LogP contribution is 2.33. The standard InChI is InChI=1S/C20H29N5O/c1-4-5-6-9-21-19(26)10-16-11-22-20(23-12-16)25-17-7-8-18(25)14-24(13-17)15(2)3/h11-12,15,17-18H,6-10,13-14H2,1-3H3,(H,21,26). The Balaban J connectivity index is 1.56. The topological polar surface area (TPSA) is 61.4 Å². The zero-order valence-corrected chi connectivity index (χ0v) is 16.0. The van der Waals surface area contributed by atoms with Crippen molar-refractivity contribution < 1.29 is 4.79 Å². The van der Waals surface area contributed by atoms with Gasteiger partial charge in [-0.05, 0) is 39.2 Å². The van der Waals surface area contributed by atoms with Gasteiger partial charge in [-0.1, -0.05) is 0 Å². The third-order valence-electron chi connectivity index (χ3n) is 5.28. The molecule has 0 saturated carbocycles. The summed E-state index contributed by atoms with van der Waals surface area (Å²) in [6, 6.07) is 1.60. The molecule has 2 aliphatic rings. The molecule has 2 fully saturated rings. The molecular formula is C20H29N5O. The highest BCUT2D eigenvalue weighted by Gasteiger charge is 2.41. The van der Waals surface area contributed by atoms with E-state index in [9.17, 15) is 4.79 Å². The van der Waals surface area contributed by atoms with Crippen molar-refractivity contribution in [2.24, 2.45) is 0 Å². The van der Waals surface area contributed by atoms with Gasteiger partial charge in [0.05, 0.1) is 6.42 Å². The maximum atomic E-state index is 11.9. The van der Waals surface area contributed by atoms with Crippen LogP contribution in [0.5, 0.6) is 0 Å². The average molecular weight is 355 g/mol. The highest BCUT2D eigenvalue weighted by molar-refractivity contribution is 5.78. The van der Waals surface area contributed by atoms with Crippen LogP contribution in [0.25, 0.3) is 0 Å². The zero-order chi connectivity index (χ0) is 18.5. The van der Waals surface area contributed by atoms with Crippen LogP contribution in [0.2, 0.25) is 0 Å². The quantitative estimate of drug-likeness (QED) is 0.621. The molecule has 3 heterocycles. The summed E-state index contributed by atoms with van der Waals surface area (Å²) in [4.78, 5) is 26.0. The van der Waals surface area contributed by atoms with E-state index in [4.69, 9.17) is 0 Å². The number of nitrogens with one attached hydrogen (secondary N) is 1. The third kappa shape index (κ3) is 4.34. The number of hydrogen-bond acceptors (Lipinski definition) is 5. The lowest BCUT2D eigenvalue weighted by Gasteiger charge is -2.42. The van der Waals surface area contributed by atoms with Crippen molar-refractivity contribution >= 4 is 11.9 Å². The van der Waals surface area contributed by atoms with Crippen molar-refractivity contribution in [1.82, 2.24) is 20.2 Å². The first-order valence-electron chi connectivity index (χ1n) is 9.58. The summed E-state index contributed by atoms with van der Waals surface area (Å²) in [5.41, 5.74) is 0.848. The molecule has 2 unspecified atom stereocenters. The number of rotatable bonds is 6.